The number of aliphatic imine (C=N–C) groups is 1. The van der Waals surface area contributed by atoms with Crippen LogP contribution in [0.4, 0.5) is 0 Å². The van der Waals surface area contributed by atoms with Crippen LogP contribution in [0.15, 0.2) is 35.3 Å². The van der Waals surface area contributed by atoms with E-state index in [1.165, 1.54) is 24.8 Å². The summed E-state index contributed by atoms with van der Waals surface area (Å²) in [6, 6.07) is 11.1. The summed E-state index contributed by atoms with van der Waals surface area (Å²) in [5, 5.41) is 4.64. The Bertz CT molecular complexity index is 400. The average molecular weight is 276 g/mol. The van der Waals surface area contributed by atoms with Crippen molar-refractivity contribution in [2.24, 2.45) is 10.9 Å². The number of rotatable bonds is 6. The average Bonchev–Trinajstić information content (AvgIpc) is 2.88. The lowest BCUT2D eigenvalue weighted by atomic mass is 10.1. The molecule has 0 bridgehead atoms. The highest BCUT2D eigenvalue weighted by Gasteiger charge is 2.21. The Labute approximate surface area is 121 Å². The number of amidine groups is 1. The lowest BCUT2D eigenvalue weighted by Crippen LogP contribution is -2.19. The van der Waals surface area contributed by atoms with Crippen molar-refractivity contribution in [3.05, 3.63) is 35.9 Å². The molecule has 1 unspecified atom stereocenters. The number of thioether (sulfide) groups is 1. The molecular formula is C16H24N2S. The van der Waals surface area contributed by atoms with Crippen molar-refractivity contribution >= 4 is 16.9 Å². The largest absolute Gasteiger partial charge is 0.357 e. The highest BCUT2D eigenvalue weighted by molar-refractivity contribution is 8.14. The van der Waals surface area contributed by atoms with Crippen LogP contribution in [-0.4, -0.2) is 17.5 Å². The minimum atomic E-state index is 0.431. The summed E-state index contributed by atoms with van der Waals surface area (Å²) in [4.78, 5) is 4.66. The highest BCUT2D eigenvalue weighted by atomic mass is 32.2. The van der Waals surface area contributed by atoms with E-state index in [-0.39, 0.29) is 0 Å². The normalized spacial score (nSPS) is 21.0. The molecule has 1 saturated heterocycles. The molecule has 1 aromatic carbocycles. The molecule has 1 heterocycles. The maximum absolute atomic E-state index is 4.66. The Morgan fingerprint density at radius 3 is 2.79 bits per heavy atom. The van der Waals surface area contributed by atoms with Gasteiger partial charge in [-0.2, -0.15) is 0 Å². The quantitative estimate of drug-likeness (QED) is 0.786. The zero-order valence-electron chi connectivity index (χ0n) is 11.9. The smallest absolute Gasteiger partial charge is 0.157 e. The van der Waals surface area contributed by atoms with Gasteiger partial charge >= 0.3 is 0 Å². The zero-order valence-corrected chi connectivity index (χ0v) is 12.7. The summed E-state index contributed by atoms with van der Waals surface area (Å²) in [5.74, 6) is 1.91. The molecule has 104 valence electrons. The second-order valence-electron chi connectivity index (χ2n) is 5.50. The van der Waals surface area contributed by atoms with Crippen molar-refractivity contribution in [1.82, 2.24) is 5.32 Å². The van der Waals surface area contributed by atoms with E-state index < -0.39 is 0 Å². The number of nitrogens with zero attached hydrogens (tertiary/aromatic N) is 1. The number of hydrogen-bond donors (Lipinski definition) is 1. The molecule has 0 spiro atoms. The fourth-order valence-electron chi connectivity index (χ4n) is 2.20. The third kappa shape index (κ3) is 4.90. The topological polar surface area (TPSA) is 24.4 Å². The monoisotopic (exact) mass is 276 g/mol. The molecule has 1 atom stereocenters. The summed E-state index contributed by atoms with van der Waals surface area (Å²) in [6.45, 7) is 5.53. The lowest BCUT2D eigenvalue weighted by molar-refractivity contribution is 0.541. The molecule has 2 rings (SSSR count). The third-order valence-electron chi connectivity index (χ3n) is 3.33. The minimum absolute atomic E-state index is 0.431. The number of unbranched alkanes of at least 4 members (excludes halogenated alkanes) is 1. The third-order valence-corrected chi connectivity index (χ3v) is 4.35. The number of benzene rings is 1. The Kier molecular flexibility index (Phi) is 5.77. The van der Waals surface area contributed by atoms with Gasteiger partial charge in [0.05, 0.1) is 6.04 Å². The second kappa shape index (κ2) is 7.59. The summed E-state index contributed by atoms with van der Waals surface area (Å²) < 4.78 is 0. The van der Waals surface area contributed by atoms with E-state index in [9.17, 15) is 0 Å². The predicted molar refractivity (Wildman–Crippen MR) is 85.8 cm³/mol. The van der Waals surface area contributed by atoms with Crippen molar-refractivity contribution < 1.29 is 0 Å². The number of nitrogens with one attached hydrogen (secondary N) is 1. The van der Waals surface area contributed by atoms with Gasteiger partial charge in [0.15, 0.2) is 5.17 Å². The first-order chi connectivity index (χ1) is 9.25. The van der Waals surface area contributed by atoms with Gasteiger partial charge in [-0.3, -0.25) is 4.99 Å². The maximum atomic E-state index is 4.66. The fourth-order valence-corrected chi connectivity index (χ4v) is 3.20. The van der Waals surface area contributed by atoms with Crippen LogP contribution >= 0.6 is 11.8 Å². The first kappa shape index (κ1) is 14.4. The van der Waals surface area contributed by atoms with Gasteiger partial charge < -0.3 is 5.32 Å². The number of hydrogen-bond acceptors (Lipinski definition) is 2. The Morgan fingerprint density at radius 1 is 1.26 bits per heavy atom. The van der Waals surface area contributed by atoms with E-state index in [0.29, 0.717) is 6.04 Å². The highest BCUT2D eigenvalue weighted by Crippen LogP contribution is 2.25. The van der Waals surface area contributed by atoms with Crippen molar-refractivity contribution in [2.45, 2.75) is 39.2 Å². The van der Waals surface area contributed by atoms with E-state index in [1.54, 1.807) is 0 Å². The molecule has 1 aromatic rings. The van der Waals surface area contributed by atoms with Gasteiger partial charge in [-0.1, -0.05) is 68.8 Å². The minimum Gasteiger partial charge on any atom is -0.357 e. The first-order valence-electron chi connectivity index (χ1n) is 7.24. The van der Waals surface area contributed by atoms with Gasteiger partial charge in [0.2, 0.25) is 0 Å². The maximum Gasteiger partial charge on any atom is 0.157 e. The van der Waals surface area contributed by atoms with Crippen molar-refractivity contribution in [3.8, 4) is 0 Å². The van der Waals surface area contributed by atoms with Crippen LogP contribution in [-0.2, 0) is 0 Å². The van der Waals surface area contributed by atoms with E-state index in [4.69, 9.17) is 0 Å². The van der Waals surface area contributed by atoms with Gasteiger partial charge in [-0.05, 0) is 17.9 Å². The van der Waals surface area contributed by atoms with E-state index >= 15 is 0 Å². The van der Waals surface area contributed by atoms with Crippen LogP contribution in [0.2, 0.25) is 0 Å². The van der Waals surface area contributed by atoms with Crippen LogP contribution in [0.3, 0.4) is 0 Å². The SMILES string of the molecule is CC(C)CCCCN=C1NC(c2ccccc2)CS1. The Hall–Kier alpha value is -0.960. The van der Waals surface area contributed by atoms with E-state index in [1.807, 2.05) is 11.8 Å². The molecule has 0 aromatic heterocycles. The molecule has 0 amide bonds. The van der Waals surface area contributed by atoms with Gasteiger partial charge in [0, 0.05) is 12.3 Å². The Balaban J connectivity index is 1.73. The molecule has 3 heteroatoms. The van der Waals surface area contributed by atoms with Crippen molar-refractivity contribution in [3.63, 3.8) is 0 Å². The van der Waals surface area contributed by atoms with Crippen LogP contribution in [0, 0.1) is 5.92 Å². The van der Waals surface area contributed by atoms with Gasteiger partial charge in [0.1, 0.15) is 0 Å². The summed E-state index contributed by atoms with van der Waals surface area (Å²) in [7, 11) is 0. The molecule has 1 N–H and O–H groups in total. The molecule has 19 heavy (non-hydrogen) atoms. The van der Waals surface area contributed by atoms with Crippen molar-refractivity contribution in [1.29, 1.82) is 0 Å². The van der Waals surface area contributed by atoms with Crippen LogP contribution in [0.1, 0.15) is 44.7 Å². The Morgan fingerprint density at radius 2 is 2.05 bits per heavy atom. The van der Waals surface area contributed by atoms with E-state index in [2.05, 4.69) is 54.5 Å². The van der Waals surface area contributed by atoms with Crippen LogP contribution in [0.25, 0.3) is 0 Å². The molecule has 0 aliphatic carbocycles. The standard InChI is InChI=1S/C16H24N2S/c1-13(2)8-6-7-11-17-16-18-15(12-19-16)14-9-4-3-5-10-14/h3-5,9-10,13,15H,6-8,11-12H2,1-2H3,(H,17,18). The molecule has 2 nitrogen and oxygen atoms in total. The van der Waals surface area contributed by atoms with Crippen LogP contribution in [0.5, 0.6) is 0 Å². The summed E-state index contributed by atoms with van der Waals surface area (Å²) in [6.07, 6.45) is 3.82. The predicted octanol–water partition coefficient (Wildman–Crippen LogP) is 4.25. The van der Waals surface area contributed by atoms with Gasteiger partial charge in [-0.25, -0.2) is 0 Å². The summed E-state index contributed by atoms with van der Waals surface area (Å²) >= 11 is 1.85. The molecule has 0 saturated carbocycles. The first-order valence-corrected chi connectivity index (χ1v) is 8.23. The van der Waals surface area contributed by atoms with Gasteiger partial charge in [0.25, 0.3) is 0 Å². The van der Waals surface area contributed by atoms with Crippen LogP contribution < -0.4 is 5.32 Å². The zero-order chi connectivity index (χ0) is 13.5. The molecule has 1 aliphatic heterocycles. The van der Waals surface area contributed by atoms with Crippen molar-refractivity contribution in [2.75, 3.05) is 12.3 Å². The molecular weight excluding hydrogens is 252 g/mol. The molecule has 0 radical (unpaired) electrons. The second-order valence-corrected chi connectivity index (χ2v) is 6.50. The van der Waals surface area contributed by atoms with Gasteiger partial charge in [-0.15, -0.1) is 0 Å². The lowest BCUT2D eigenvalue weighted by Gasteiger charge is -2.09. The fraction of sp³-hybridized carbons (Fsp3) is 0.562. The molecule has 1 fully saturated rings. The molecule has 1 aliphatic rings. The summed E-state index contributed by atoms with van der Waals surface area (Å²) in [5.41, 5.74) is 1.36. The van der Waals surface area contributed by atoms with E-state index in [0.717, 1.165) is 23.4 Å².